The predicted molar refractivity (Wildman–Crippen MR) is 59.3 cm³/mol. The molecule has 2 saturated carbocycles. The summed E-state index contributed by atoms with van der Waals surface area (Å²) in [5.41, 5.74) is -0.393. The molecular formula is C13H16O4. The molecule has 2 fully saturated rings. The van der Waals surface area contributed by atoms with E-state index in [1.165, 1.54) is 0 Å². The topological polar surface area (TPSA) is 68.3 Å². The Morgan fingerprint density at radius 2 is 1.53 bits per heavy atom. The first-order valence-electron chi connectivity index (χ1n) is 6.03. The van der Waals surface area contributed by atoms with Crippen molar-refractivity contribution in [3.63, 3.8) is 0 Å². The molecule has 4 heteroatoms. The van der Waals surface area contributed by atoms with E-state index < -0.39 is 5.41 Å². The Balaban J connectivity index is 2.29. The largest absolute Gasteiger partial charge is 0.303 e. The fourth-order valence-corrected chi connectivity index (χ4v) is 3.68. The summed E-state index contributed by atoms with van der Waals surface area (Å²) >= 11 is 0. The van der Waals surface area contributed by atoms with Gasteiger partial charge >= 0.3 is 0 Å². The van der Waals surface area contributed by atoms with Crippen LogP contribution in [0.3, 0.4) is 0 Å². The van der Waals surface area contributed by atoms with Crippen LogP contribution in [0.2, 0.25) is 0 Å². The molecule has 0 radical (unpaired) electrons. The third-order valence-corrected chi connectivity index (χ3v) is 4.39. The van der Waals surface area contributed by atoms with E-state index in [1.54, 1.807) is 0 Å². The van der Waals surface area contributed by atoms with Gasteiger partial charge in [0.15, 0.2) is 0 Å². The maximum atomic E-state index is 11.6. The molecule has 0 unspecified atom stereocenters. The number of rotatable bonds is 5. The highest BCUT2D eigenvalue weighted by molar-refractivity contribution is 5.90. The molecular weight excluding hydrogens is 220 g/mol. The van der Waals surface area contributed by atoms with E-state index in [0.29, 0.717) is 25.7 Å². The number of carbonyl (C=O) groups excluding carboxylic acids is 4. The molecule has 0 amide bonds. The summed E-state index contributed by atoms with van der Waals surface area (Å²) in [6.45, 7) is 0. The van der Waals surface area contributed by atoms with Crippen molar-refractivity contribution in [2.45, 2.75) is 38.5 Å². The van der Waals surface area contributed by atoms with Crippen molar-refractivity contribution in [3.05, 3.63) is 0 Å². The van der Waals surface area contributed by atoms with E-state index in [4.69, 9.17) is 0 Å². The quantitative estimate of drug-likeness (QED) is 0.670. The van der Waals surface area contributed by atoms with Crippen LogP contribution in [-0.2, 0) is 19.2 Å². The fourth-order valence-electron chi connectivity index (χ4n) is 3.68. The minimum absolute atomic E-state index is 0.0624. The number of ketones is 2. The van der Waals surface area contributed by atoms with Crippen molar-refractivity contribution < 1.29 is 19.2 Å². The number of carbonyl (C=O) groups is 4. The van der Waals surface area contributed by atoms with E-state index in [2.05, 4.69) is 0 Å². The molecule has 0 aromatic heterocycles. The zero-order valence-electron chi connectivity index (χ0n) is 9.69. The number of fused-ring (bicyclic) bond motifs is 1. The Bertz CT molecular complexity index is 342. The molecule has 0 spiro atoms. The number of hydrogen-bond acceptors (Lipinski definition) is 4. The lowest BCUT2D eigenvalue weighted by atomic mass is 9.67. The molecule has 0 aliphatic heterocycles. The maximum Gasteiger partial charge on any atom is 0.133 e. The van der Waals surface area contributed by atoms with E-state index in [0.717, 1.165) is 12.6 Å². The maximum absolute atomic E-state index is 11.6. The van der Waals surface area contributed by atoms with Crippen LogP contribution in [0.1, 0.15) is 38.5 Å². The molecule has 0 saturated heterocycles. The molecule has 0 aromatic carbocycles. The van der Waals surface area contributed by atoms with Crippen LogP contribution < -0.4 is 0 Å². The van der Waals surface area contributed by atoms with Gasteiger partial charge in [-0.3, -0.25) is 9.59 Å². The number of hydrogen-bond donors (Lipinski definition) is 0. The van der Waals surface area contributed by atoms with E-state index in [9.17, 15) is 19.2 Å². The highest BCUT2D eigenvalue weighted by atomic mass is 16.1. The Hall–Kier alpha value is -1.32. The predicted octanol–water partition coefficient (Wildman–Crippen LogP) is 1.11. The molecule has 2 aliphatic carbocycles. The van der Waals surface area contributed by atoms with E-state index in [-0.39, 0.29) is 36.2 Å². The lowest BCUT2D eigenvalue weighted by molar-refractivity contribution is -0.122. The first kappa shape index (κ1) is 12.1. The van der Waals surface area contributed by atoms with Crippen LogP contribution in [0, 0.1) is 17.3 Å². The summed E-state index contributed by atoms with van der Waals surface area (Å²) in [6, 6.07) is 0. The molecule has 0 bridgehead atoms. The molecule has 4 nitrogen and oxygen atoms in total. The molecule has 92 valence electrons. The number of Topliss-reactive ketones (excluding diaryl/α,β-unsaturated/α-hetero) is 2. The smallest absolute Gasteiger partial charge is 0.133 e. The molecule has 2 rings (SSSR count). The second kappa shape index (κ2) is 4.51. The molecule has 0 heterocycles. The Labute approximate surface area is 99.8 Å². The van der Waals surface area contributed by atoms with Gasteiger partial charge in [0.05, 0.1) is 0 Å². The molecule has 0 aromatic rings. The molecule has 2 aliphatic rings. The van der Waals surface area contributed by atoms with Crippen molar-refractivity contribution in [2.24, 2.45) is 17.3 Å². The van der Waals surface area contributed by atoms with Crippen LogP contribution in [0.4, 0.5) is 0 Å². The zero-order chi connectivity index (χ0) is 12.5. The summed E-state index contributed by atoms with van der Waals surface area (Å²) in [4.78, 5) is 44.6. The highest BCUT2D eigenvalue weighted by Crippen LogP contribution is 2.57. The molecule has 0 atom stereocenters. The van der Waals surface area contributed by atoms with Gasteiger partial charge in [0.1, 0.15) is 24.1 Å². The van der Waals surface area contributed by atoms with Crippen LogP contribution >= 0.6 is 0 Å². The van der Waals surface area contributed by atoms with Crippen molar-refractivity contribution in [1.82, 2.24) is 0 Å². The van der Waals surface area contributed by atoms with Gasteiger partial charge in [-0.1, -0.05) is 0 Å². The van der Waals surface area contributed by atoms with Gasteiger partial charge in [-0.05, 0) is 17.3 Å². The Morgan fingerprint density at radius 3 is 1.94 bits per heavy atom. The summed E-state index contributed by atoms with van der Waals surface area (Å²) in [5, 5.41) is 0. The average molecular weight is 236 g/mol. The molecule has 17 heavy (non-hydrogen) atoms. The van der Waals surface area contributed by atoms with Crippen LogP contribution in [0.5, 0.6) is 0 Å². The van der Waals surface area contributed by atoms with Gasteiger partial charge in [0, 0.05) is 38.5 Å². The minimum atomic E-state index is -0.393. The van der Waals surface area contributed by atoms with Gasteiger partial charge < -0.3 is 9.59 Å². The van der Waals surface area contributed by atoms with Gasteiger partial charge in [-0.2, -0.15) is 0 Å². The monoisotopic (exact) mass is 236 g/mol. The highest BCUT2D eigenvalue weighted by Gasteiger charge is 2.56. The van der Waals surface area contributed by atoms with Gasteiger partial charge in [-0.15, -0.1) is 0 Å². The van der Waals surface area contributed by atoms with Gasteiger partial charge in [-0.25, -0.2) is 0 Å². The normalized spacial score (nSPS) is 31.9. The van der Waals surface area contributed by atoms with Gasteiger partial charge in [0.2, 0.25) is 0 Å². The lowest BCUT2D eigenvalue weighted by Crippen LogP contribution is -2.31. The average Bonchev–Trinajstić information content (AvgIpc) is 2.69. The minimum Gasteiger partial charge on any atom is -0.303 e. The van der Waals surface area contributed by atoms with Crippen molar-refractivity contribution in [2.75, 3.05) is 0 Å². The Kier molecular flexibility index (Phi) is 3.22. The summed E-state index contributed by atoms with van der Waals surface area (Å²) in [5.74, 6) is 0.265. The van der Waals surface area contributed by atoms with Crippen LogP contribution in [0.25, 0.3) is 0 Å². The fraction of sp³-hybridized carbons (Fsp3) is 0.692. The third-order valence-electron chi connectivity index (χ3n) is 4.39. The van der Waals surface area contributed by atoms with Gasteiger partial charge in [0.25, 0.3) is 0 Å². The summed E-state index contributed by atoms with van der Waals surface area (Å²) in [6.07, 6.45) is 3.77. The van der Waals surface area contributed by atoms with Crippen molar-refractivity contribution in [3.8, 4) is 0 Å². The van der Waals surface area contributed by atoms with E-state index in [1.807, 2.05) is 0 Å². The summed E-state index contributed by atoms with van der Waals surface area (Å²) in [7, 11) is 0. The third kappa shape index (κ3) is 1.96. The van der Waals surface area contributed by atoms with E-state index >= 15 is 0 Å². The van der Waals surface area contributed by atoms with Crippen LogP contribution in [-0.4, -0.2) is 24.1 Å². The van der Waals surface area contributed by atoms with Crippen molar-refractivity contribution >= 4 is 24.1 Å². The first-order chi connectivity index (χ1) is 8.12. The lowest BCUT2D eigenvalue weighted by Gasteiger charge is -2.35. The second-order valence-electron chi connectivity index (χ2n) is 5.27. The first-order valence-corrected chi connectivity index (χ1v) is 6.03. The standard InChI is InChI=1S/C13H16O4/c14-3-1-9(2-4-15)13-7-11(16)5-10(13)6-12(17)8-13/h3-4,9-10H,1-2,5-8H2. The second-order valence-corrected chi connectivity index (χ2v) is 5.27. The van der Waals surface area contributed by atoms with Crippen molar-refractivity contribution in [1.29, 1.82) is 0 Å². The Morgan fingerprint density at radius 1 is 1.06 bits per heavy atom. The molecule has 0 N–H and O–H groups in total. The zero-order valence-corrected chi connectivity index (χ0v) is 9.69. The van der Waals surface area contributed by atoms with Crippen LogP contribution in [0.15, 0.2) is 0 Å². The number of aldehydes is 2. The summed E-state index contributed by atoms with van der Waals surface area (Å²) < 4.78 is 0. The SMILES string of the molecule is O=CCC(CC=O)C12CC(=O)CC1CC(=O)C2.